The molecule has 8 nitrogen and oxygen atoms in total. The molecule has 1 aromatic rings. The summed E-state index contributed by atoms with van der Waals surface area (Å²) in [7, 11) is 0. The molecule has 2 fully saturated rings. The van der Waals surface area contributed by atoms with Gasteiger partial charge in [-0.25, -0.2) is 4.79 Å². The number of rotatable bonds is 3. The average Bonchev–Trinajstić information content (AvgIpc) is 3.28. The van der Waals surface area contributed by atoms with Gasteiger partial charge in [0.2, 0.25) is 0 Å². The maximum atomic E-state index is 13.1. The van der Waals surface area contributed by atoms with Crippen molar-refractivity contribution in [2.75, 3.05) is 6.54 Å². The monoisotopic (exact) mass is 432 g/mol. The summed E-state index contributed by atoms with van der Waals surface area (Å²) >= 11 is 1.44. The van der Waals surface area contributed by atoms with Crippen LogP contribution in [0.5, 0.6) is 0 Å². The Morgan fingerprint density at radius 1 is 1.23 bits per heavy atom. The van der Waals surface area contributed by atoms with Gasteiger partial charge in [0.05, 0.1) is 4.88 Å². The number of nitrogens with zero attached hydrogens (tertiary/aromatic N) is 1. The molecule has 2 atom stereocenters. The number of carbonyl (C=O) groups excluding carboxylic acids is 4. The number of urea groups is 1. The van der Waals surface area contributed by atoms with Crippen molar-refractivity contribution >= 4 is 35.1 Å². The van der Waals surface area contributed by atoms with Crippen LogP contribution in [0.25, 0.3) is 0 Å². The van der Waals surface area contributed by atoms with Crippen molar-refractivity contribution < 1.29 is 19.2 Å². The van der Waals surface area contributed by atoms with Crippen molar-refractivity contribution in [1.29, 1.82) is 0 Å². The molecule has 1 aliphatic heterocycles. The molecule has 30 heavy (non-hydrogen) atoms. The molecule has 162 valence electrons. The number of amides is 5. The largest absolute Gasteiger partial charge is 0.325 e. The molecule has 1 saturated carbocycles. The van der Waals surface area contributed by atoms with Crippen LogP contribution in [0.4, 0.5) is 4.79 Å². The second-order valence-corrected chi connectivity index (χ2v) is 10.8. The van der Waals surface area contributed by atoms with Gasteiger partial charge >= 0.3 is 6.03 Å². The number of aryl methyl sites for hydroxylation is 2. The number of hydrazine groups is 1. The number of imide groups is 1. The second kappa shape index (κ2) is 7.37. The fourth-order valence-corrected chi connectivity index (χ4v) is 6.61. The predicted octanol–water partition coefficient (Wildman–Crippen LogP) is 2.13. The van der Waals surface area contributed by atoms with Crippen LogP contribution in [0, 0.1) is 11.3 Å². The molecular formula is C21H28N4O4S. The number of fused-ring (bicyclic) bond motifs is 1. The third-order valence-electron chi connectivity index (χ3n) is 6.21. The van der Waals surface area contributed by atoms with E-state index < -0.39 is 24.0 Å². The third kappa shape index (κ3) is 3.82. The van der Waals surface area contributed by atoms with Crippen molar-refractivity contribution in [2.45, 2.75) is 64.8 Å². The van der Waals surface area contributed by atoms with E-state index in [1.54, 1.807) is 0 Å². The second-order valence-electron chi connectivity index (χ2n) is 9.67. The Labute approximate surface area is 179 Å². The quantitative estimate of drug-likeness (QED) is 0.502. The highest BCUT2D eigenvalue weighted by Crippen LogP contribution is 2.46. The normalized spacial score (nSPS) is 27.2. The standard InChI is InChI=1S/C21H28N4O4S/c1-12-8-20(2,3)11-21(9-12)18(28)25(19(29)22-21)10-16(26)23-24-17(27)15-7-13-5-4-6-14(13)30-15/h7,12H,4-6,8-11H2,1-3H3,(H,22,29)(H,23,26)(H,24,27). The number of thiophene rings is 1. The Bertz CT molecular complexity index is 903. The molecule has 0 bridgehead atoms. The van der Waals surface area contributed by atoms with Crippen molar-refractivity contribution in [3.8, 4) is 0 Å². The van der Waals surface area contributed by atoms with Crippen LogP contribution >= 0.6 is 11.3 Å². The van der Waals surface area contributed by atoms with Crippen molar-refractivity contribution in [3.63, 3.8) is 0 Å². The Balaban J connectivity index is 1.35. The van der Waals surface area contributed by atoms with E-state index >= 15 is 0 Å². The lowest BCUT2D eigenvalue weighted by atomic mass is 9.64. The third-order valence-corrected chi connectivity index (χ3v) is 7.45. The van der Waals surface area contributed by atoms with Gasteiger partial charge in [-0.3, -0.25) is 30.1 Å². The van der Waals surface area contributed by atoms with E-state index in [2.05, 4.69) is 36.9 Å². The van der Waals surface area contributed by atoms with E-state index in [1.165, 1.54) is 21.8 Å². The van der Waals surface area contributed by atoms with Crippen LogP contribution in [-0.4, -0.2) is 40.7 Å². The lowest BCUT2D eigenvalue weighted by Crippen LogP contribution is -2.54. The highest BCUT2D eigenvalue weighted by atomic mass is 32.1. The van der Waals surface area contributed by atoms with Gasteiger partial charge in [-0.1, -0.05) is 20.8 Å². The molecule has 4 rings (SSSR count). The molecule has 1 aromatic heterocycles. The predicted molar refractivity (Wildman–Crippen MR) is 112 cm³/mol. The molecule has 2 unspecified atom stereocenters. The Morgan fingerprint density at radius 2 is 2.00 bits per heavy atom. The van der Waals surface area contributed by atoms with Gasteiger partial charge in [0.25, 0.3) is 17.7 Å². The first-order valence-electron chi connectivity index (χ1n) is 10.4. The lowest BCUT2D eigenvalue weighted by Gasteiger charge is -2.43. The summed E-state index contributed by atoms with van der Waals surface area (Å²) in [5.74, 6) is -1.07. The number of nitrogens with one attached hydrogen (secondary N) is 3. The Hall–Kier alpha value is -2.42. The molecule has 0 aromatic carbocycles. The number of carbonyl (C=O) groups is 4. The maximum absolute atomic E-state index is 13.1. The van der Waals surface area contributed by atoms with E-state index in [0.717, 1.165) is 30.6 Å². The summed E-state index contributed by atoms with van der Waals surface area (Å²) in [5, 5.41) is 2.84. The minimum absolute atomic E-state index is 0.0756. The first-order chi connectivity index (χ1) is 14.1. The van der Waals surface area contributed by atoms with E-state index in [9.17, 15) is 19.2 Å². The topological polar surface area (TPSA) is 108 Å². The van der Waals surface area contributed by atoms with Crippen LogP contribution in [0.1, 0.15) is 66.6 Å². The molecule has 5 amide bonds. The molecule has 2 heterocycles. The van der Waals surface area contributed by atoms with Gasteiger partial charge in [-0.2, -0.15) is 0 Å². The minimum Gasteiger partial charge on any atom is -0.323 e. The molecule has 3 aliphatic rings. The summed E-state index contributed by atoms with van der Waals surface area (Å²) in [6.07, 6.45) is 5.18. The van der Waals surface area contributed by atoms with Crippen molar-refractivity contribution in [2.24, 2.45) is 11.3 Å². The summed E-state index contributed by atoms with van der Waals surface area (Å²) < 4.78 is 0. The maximum Gasteiger partial charge on any atom is 0.325 e. The van der Waals surface area contributed by atoms with Gasteiger partial charge in [-0.05, 0) is 61.5 Å². The summed E-state index contributed by atoms with van der Waals surface area (Å²) in [6.45, 7) is 5.83. The van der Waals surface area contributed by atoms with Crippen LogP contribution in [0.3, 0.4) is 0 Å². The SMILES string of the molecule is CC1CC(C)(C)CC2(C1)NC(=O)N(CC(=O)NNC(=O)c1cc3c(s1)CCC3)C2=O. The summed E-state index contributed by atoms with van der Waals surface area (Å²) in [6, 6.07) is 1.31. The molecular weight excluding hydrogens is 404 g/mol. The van der Waals surface area contributed by atoms with Crippen LogP contribution in [0.2, 0.25) is 0 Å². The number of hydrogen-bond acceptors (Lipinski definition) is 5. The summed E-state index contributed by atoms with van der Waals surface area (Å²) in [4.78, 5) is 52.9. The van der Waals surface area contributed by atoms with Gasteiger partial charge < -0.3 is 5.32 Å². The highest BCUT2D eigenvalue weighted by Gasteiger charge is 2.56. The fourth-order valence-electron chi connectivity index (χ4n) is 5.46. The summed E-state index contributed by atoms with van der Waals surface area (Å²) in [5.41, 5.74) is 4.89. The zero-order valence-corrected chi connectivity index (χ0v) is 18.4. The van der Waals surface area contributed by atoms with E-state index in [-0.39, 0.29) is 17.2 Å². The average molecular weight is 433 g/mol. The van der Waals surface area contributed by atoms with Gasteiger partial charge in [-0.15, -0.1) is 11.3 Å². The van der Waals surface area contributed by atoms with Crippen molar-refractivity contribution in [1.82, 2.24) is 21.1 Å². The highest BCUT2D eigenvalue weighted by molar-refractivity contribution is 7.14. The Kier molecular flexibility index (Phi) is 5.12. The minimum atomic E-state index is -0.945. The van der Waals surface area contributed by atoms with Gasteiger partial charge in [0, 0.05) is 4.88 Å². The smallest absolute Gasteiger partial charge is 0.323 e. The lowest BCUT2D eigenvalue weighted by molar-refractivity contribution is -0.137. The van der Waals surface area contributed by atoms with Crippen molar-refractivity contribution in [3.05, 3.63) is 21.4 Å². The number of hydrogen-bond donors (Lipinski definition) is 3. The Morgan fingerprint density at radius 3 is 2.70 bits per heavy atom. The van der Waals surface area contributed by atoms with Gasteiger partial charge in [0.15, 0.2) is 0 Å². The fraction of sp³-hybridized carbons (Fsp3) is 0.619. The molecule has 2 aliphatic carbocycles. The molecule has 0 radical (unpaired) electrons. The molecule has 1 spiro atoms. The van der Waals surface area contributed by atoms with E-state index in [1.807, 2.05) is 6.07 Å². The zero-order valence-electron chi connectivity index (χ0n) is 17.6. The first kappa shape index (κ1) is 20.8. The van der Waals surface area contributed by atoms with Crippen LogP contribution < -0.4 is 16.2 Å². The van der Waals surface area contributed by atoms with Crippen LogP contribution in [-0.2, 0) is 22.4 Å². The first-order valence-corrected chi connectivity index (χ1v) is 11.3. The van der Waals surface area contributed by atoms with Gasteiger partial charge in [0.1, 0.15) is 12.1 Å². The van der Waals surface area contributed by atoms with E-state index in [0.29, 0.717) is 23.6 Å². The van der Waals surface area contributed by atoms with Crippen LogP contribution in [0.15, 0.2) is 6.07 Å². The molecule has 1 saturated heterocycles. The zero-order chi connectivity index (χ0) is 21.7. The van der Waals surface area contributed by atoms with E-state index in [4.69, 9.17) is 0 Å². The molecule has 3 N–H and O–H groups in total. The molecule has 9 heteroatoms.